The number of hydrogen-bond acceptors (Lipinski definition) is 2. The van der Waals surface area contributed by atoms with Crippen LogP contribution >= 0.6 is 0 Å². The second-order valence-electron chi connectivity index (χ2n) is 3.31. The van der Waals surface area contributed by atoms with Crippen LogP contribution in [0.25, 0.3) is 0 Å². The number of hydrogen-bond donors (Lipinski definition) is 1. The van der Waals surface area contributed by atoms with E-state index in [-0.39, 0.29) is 12.0 Å². The van der Waals surface area contributed by atoms with E-state index >= 15 is 0 Å². The molecule has 2 nitrogen and oxygen atoms in total. The standard InChI is InChI=1S/C7H11FN2/c1-3-2-4(9)10-7-5(3)6(7)8/h3,5-7H,2H2,1H3,(H2,9,10)/t3-,5-,6+,7-/m0/s1. The summed E-state index contributed by atoms with van der Waals surface area (Å²) >= 11 is 0. The molecule has 1 aliphatic carbocycles. The maximum atomic E-state index is 12.7. The monoisotopic (exact) mass is 142 g/mol. The highest BCUT2D eigenvalue weighted by atomic mass is 19.1. The van der Waals surface area contributed by atoms with Crippen LogP contribution in [0.2, 0.25) is 0 Å². The van der Waals surface area contributed by atoms with E-state index in [2.05, 4.69) is 4.99 Å². The van der Waals surface area contributed by atoms with Crippen LogP contribution in [0.4, 0.5) is 4.39 Å². The highest BCUT2D eigenvalue weighted by molar-refractivity contribution is 5.82. The molecular formula is C7H11FN2. The van der Waals surface area contributed by atoms with E-state index in [0.29, 0.717) is 11.8 Å². The van der Waals surface area contributed by atoms with Gasteiger partial charge in [-0.2, -0.15) is 0 Å². The Labute approximate surface area is 59.3 Å². The molecule has 1 aliphatic heterocycles. The first-order valence-electron chi connectivity index (χ1n) is 3.66. The molecule has 0 aromatic carbocycles. The molecule has 2 aliphatic rings. The highest BCUT2D eigenvalue weighted by Gasteiger charge is 2.56. The third-order valence-corrected chi connectivity index (χ3v) is 2.45. The second-order valence-corrected chi connectivity index (χ2v) is 3.31. The Balaban J connectivity index is 2.18. The van der Waals surface area contributed by atoms with Crippen LogP contribution in [-0.2, 0) is 0 Å². The number of nitrogens with zero attached hydrogens (tertiary/aromatic N) is 1. The van der Waals surface area contributed by atoms with Gasteiger partial charge in [0.15, 0.2) is 0 Å². The summed E-state index contributed by atoms with van der Waals surface area (Å²) in [4.78, 5) is 4.01. The molecule has 56 valence electrons. The van der Waals surface area contributed by atoms with E-state index in [9.17, 15) is 4.39 Å². The van der Waals surface area contributed by atoms with Gasteiger partial charge in [0.2, 0.25) is 0 Å². The Morgan fingerprint density at radius 1 is 1.70 bits per heavy atom. The van der Waals surface area contributed by atoms with Gasteiger partial charge in [-0.05, 0) is 5.92 Å². The van der Waals surface area contributed by atoms with E-state index in [1.54, 1.807) is 0 Å². The van der Waals surface area contributed by atoms with Gasteiger partial charge in [0.1, 0.15) is 6.17 Å². The fraction of sp³-hybridized carbons (Fsp3) is 0.857. The summed E-state index contributed by atoms with van der Waals surface area (Å²) in [5, 5.41) is 0. The predicted molar refractivity (Wildman–Crippen MR) is 37.6 cm³/mol. The molecular weight excluding hydrogens is 131 g/mol. The lowest BCUT2D eigenvalue weighted by molar-refractivity contribution is 0.394. The number of alkyl halides is 1. The molecule has 0 bridgehead atoms. The molecule has 4 atom stereocenters. The fourth-order valence-corrected chi connectivity index (χ4v) is 1.80. The molecule has 0 spiro atoms. The maximum Gasteiger partial charge on any atom is 0.128 e. The Morgan fingerprint density at radius 2 is 2.40 bits per heavy atom. The van der Waals surface area contributed by atoms with Crippen molar-refractivity contribution in [3.63, 3.8) is 0 Å². The van der Waals surface area contributed by atoms with Crippen molar-refractivity contribution < 1.29 is 4.39 Å². The minimum atomic E-state index is -0.698. The van der Waals surface area contributed by atoms with Crippen LogP contribution in [-0.4, -0.2) is 18.0 Å². The smallest absolute Gasteiger partial charge is 0.128 e. The van der Waals surface area contributed by atoms with Crippen LogP contribution in [0, 0.1) is 11.8 Å². The van der Waals surface area contributed by atoms with Crippen LogP contribution in [0.3, 0.4) is 0 Å². The number of rotatable bonds is 0. The highest BCUT2D eigenvalue weighted by Crippen LogP contribution is 2.47. The normalized spacial score (nSPS) is 51.6. The average Bonchev–Trinajstić information content (AvgIpc) is 2.42. The Bertz CT molecular complexity index is 190. The summed E-state index contributed by atoms with van der Waals surface area (Å²) in [6.45, 7) is 2.04. The van der Waals surface area contributed by atoms with Gasteiger partial charge in [0.25, 0.3) is 0 Å². The Hall–Kier alpha value is -0.600. The van der Waals surface area contributed by atoms with Crippen LogP contribution in [0.15, 0.2) is 4.99 Å². The van der Waals surface area contributed by atoms with E-state index in [4.69, 9.17) is 5.73 Å². The van der Waals surface area contributed by atoms with Gasteiger partial charge in [0, 0.05) is 12.3 Å². The molecule has 0 unspecified atom stereocenters. The Morgan fingerprint density at radius 3 is 3.00 bits per heavy atom. The first-order valence-corrected chi connectivity index (χ1v) is 3.66. The number of aliphatic imine (C=N–C) groups is 1. The van der Waals surface area contributed by atoms with Gasteiger partial charge in [0.05, 0.1) is 11.9 Å². The average molecular weight is 142 g/mol. The van der Waals surface area contributed by atoms with Crippen molar-refractivity contribution in [1.29, 1.82) is 0 Å². The minimum Gasteiger partial charge on any atom is -0.387 e. The van der Waals surface area contributed by atoms with Gasteiger partial charge in [-0.1, -0.05) is 6.92 Å². The summed E-state index contributed by atoms with van der Waals surface area (Å²) < 4.78 is 12.7. The summed E-state index contributed by atoms with van der Waals surface area (Å²) in [6, 6.07) is -0.0799. The van der Waals surface area contributed by atoms with E-state index in [1.807, 2.05) is 6.92 Å². The lowest BCUT2D eigenvalue weighted by atomic mass is 9.99. The van der Waals surface area contributed by atoms with Crippen LogP contribution in [0.1, 0.15) is 13.3 Å². The summed E-state index contributed by atoms with van der Waals surface area (Å²) in [6.07, 6.45) is 0.0812. The predicted octanol–water partition coefficient (Wildman–Crippen LogP) is 0.720. The second kappa shape index (κ2) is 1.71. The van der Waals surface area contributed by atoms with Crippen molar-refractivity contribution >= 4 is 5.84 Å². The molecule has 1 heterocycles. The fourth-order valence-electron chi connectivity index (χ4n) is 1.80. The molecule has 0 amide bonds. The molecule has 1 saturated carbocycles. The number of amidine groups is 1. The SMILES string of the molecule is C[C@H]1CC(N)=N[C@@H]2[C@H](F)[C@@H]21. The molecule has 0 aromatic heterocycles. The maximum absolute atomic E-state index is 12.7. The lowest BCUT2D eigenvalue weighted by Crippen LogP contribution is -2.22. The van der Waals surface area contributed by atoms with E-state index < -0.39 is 6.17 Å². The molecule has 2 rings (SSSR count). The van der Waals surface area contributed by atoms with Crippen LogP contribution < -0.4 is 5.73 Å². The minimum absolute atomic E-state index is 0.0799. The lowest BCUT2D eigenvalue weighted by Gasteiger charge is -2.12. The van der Waals surface area contributed by atoms with Crippen molar-refractivity contribution in [2.24, 2.45) is 22.6 Å². The third kappa shape index (κ3) is 0.662. The summed E-state index contributed by atoms with van der Waals surface area (Å²) in [5.74, 6) is 1.22. The quantitative estimate of drug-likeness (QED) is 0.531. The van der Waals surface area contributed by atoms with Gasteiger partial charge < -0.3 is 5.73 Å². The molecule has 1 fully saturated rings. The number of nitrogens with two attached hydrogens (primary N) is 1. The van der Waals surface area contributed by atoms with E-state index in [1.165, 1.54) is 0 Å². The number of halogens is 1. The van der Waals surface area contributed by atoms with Gasteiger partial charge >= 0.3 is 0 Å². The first-order chi connectivity index (χ1) is 4.70. The molecule has 0 aromatic rings. The van der Waals surface area contributed by atoms with Gasteiger partial charge in [-0.15, -0.1) is 0 Å². The molecule has 10 heavy (non-hydrogen) atoms. The molecule has 0 radical (unpaired) electrons. The largest absolute Gasteiger partial charge is 0.387 e. The molecule has 3 heteroatoms. The van der Waals surface area contributed by atoms with Gasteiger partial charge in [-0.3, -0.25) is 4.99 Å². The zero-order valence-corrected chi connectivity index (χ0v) is 5.92. The van der Waals surface area contributed by atoms with Crippen LogP contribution in [0.5, 0.6) is 0 Å². The topological polar surface area (TPSA) is 38.4 Å². The van der Waals surface area contributed by atoms with Crippen molar-refractivity contribution in [3.05, 3.63) is 0 Å². The summed E-state index contributed by atoms with van der Waals surface area (Å²) in [5.41, 5.74) is 5.49. The zero-order chi connectivity index (χ0) is 7.30. The zero-order valence-electron chi connectivity index (χ0n) is 5.92. The van der Waals surface area contributed by atoms with Crippen molar-refractivity contribution in [2.45, 2.75) is 25.6 Å². The number of fused-ring (bicyclic) bond motifs is 1. The Kier molecular flexibility index (Phi) is 1.05. The third-order valence-electron chi connectivity index (χ3n) is 2.45. The van der Waals surface area contributed by atoms with Crippen molar-refractivity contribution in [1.82, 2.24) is 0 Å². The summed E-state index contributed by atoms with van der Waals surface area (Å²) in [7, 11) is 0. The van der Waals surface area contributed by atoms with Crippen molar-refractivity contribution in [3.8, 4) is 0 Å². The molecule has 0 saturated heterocycles. The van der Waals surface area contributed by atoms with Crippen molar-refractivity contribution in [2.75, 3.05) is 0 Å². The van der Waals surface area contributed by atoms with E-state index in [0.717, 1.165) is 6.42 Å². The van der Waals surface area contributed by atoms with Gasteiger partial charge in [-0.25, -0.2) is 4.39 Å². The molecule has 2 N–H and O–H groups in total. The first kappa shape index (κ1) is 6.13.